The largest absolute Gasteiger partial charge is 0.489 e. The third kappa shape index (κ3) is 5.14. The smallest absolute Gasteiger partial charge is 0.124 e. The number of ether oxygens (including phenoxy) is 1. The monoisotopic (exact) mass is 351 g/mol. The molecular weight excluding hydrogens is 333 g/mol. The number of nitrogens with two attached hydrogens (primary N) is 1. The molecular formula is C17H19BrFNO. The topological polar surface area (TPSA) is 35.2 Å². The molecule has 2 rings (SSSR count). The Morgan fingerprint density at radius 2 is 1.90 bits per heavy atom. The van der Waals surface area contributed by atoms with Gasteiger partial charge in [-0.25, -0.2) is 4.39 Å². The summed E-state index contributed by atoms with van der Waals surface area (Å²) in [6.45, 7) is 2.41. The van der Waals surface area contributed by atoms with Crippen molar-refractivity contribution in [3.05, 3.63) is 63.9 Å². The molecule has 0 saturated carbocycles. The number of halogens is 2. The molecule has 2 nitrogen and oxygen atoms in total. The minimum atomic E-state index is -0.260. The summed E-state index contributed by atoms with van der Waals surface area (Å²) in [5, 5.41) is 0. The van der Waals surface area contributed by atoms with Crippen molar-refractivity contribution in [3.8, 4) is 5.75 Å². The van der Waals surface area contributed by atoms with Crippen LogP contribution in [0, 0.1) is 5.82 Å². The molecule has 0 spiro atoms. The summed E-state index contributed by atoms with van der Waals surface area (Å²) in [7, 11) is 0. The van der Waals surface area contributed by atoms with Gasteiger partial charge in [0.1, 0.15) is 18.2 Å². The Morgan fingerprint density at radius 1 is 1.19 bits per heavy atom. The quantitative estimate of drug-likeness (QED) is 0.834. The van der Waals surface area contributed by atoms with Gasteiger partial charge in [0.25, 0.3) is 0 Å². The van der Waals surface area contributed by atoms with Gasteiger partial charge >= 0.3 is 0 Å². The van der Waals surface area contributed by atoms with Crippen molar-refractivity contribution in [3.63, 3.8) is 0 Å². The zero-order chi connectivity index (χ0) is 15.2. The van der Waals surface area contributed by atoms with E-state index in [2.05, 4.69) is 28.1 Å². The molecule has 2 N–H and O–H groups in total. The maximum absolute atomic E-state index is 13.0. The maximum Gasteiger partial charge on any atom is 0.124 e. The molecule has 1 unspecified atom stereocenters. The minimum absolute atomic E-state index is 0.219. The van der Waals surface area contributed by atoms with E-state index < -0.39 is 0 Å². The highest BCUT2D eigenvalue weighted by atomic mass is 79.9. The third-order valence-corrected chi connectivity index (χ3v) is 3.96. The molecule has 0 bridgehead atoms. The maximum atomic E-state index is 13.0. The van der Waals surface area contributed by atoms with Gasteiger partial charge in [-0.05, 0) is 49.6 Å². The van der Waals surface area contributed by atoms with E-state index in [4.69, 9.17) is 10.5 Å². The molecule has 0 fully saturated rings. The number of hydrogen-bond acceptors (Lipinski definition) is 2. The Bertz CT molecular complexity index is 584. The van der Waals surface area contributed by atoms with E-state index >= 15 is 0 Å². The van der Waals surface area contributed by atoms with Gasteiger partial charge in [0, 0.05) is 16.1 Å². The summed E-state index contributed by atoms with van der Waals surface area (Å²) in [6, 6.07) is 12.8. The zero-order valence-corrected chi connectivity index (χ0v) is 13.6. The van der Waals surface area contributed by atoms with Crippen LogP contribution in [0.4, 0.5) is 4.39 Å². The van der Waals surface area contributed by atoms with Crippen LogP contribution in [0.3, 0.4) is 0 Å². The van der Waals surface area contributed by atoms with Gasteiger partial charge in [-0.15, -0.1) is 0 Å². The lowest BCUT2D eigenvalue weighted by molar-refractivity contribution is 0.305. The number of hydrogen-bond donors (Lipinski definition) is 1. The summed E-state index contributed by atoms with van der Waals surface area (Å²) in [6.07, 6.45) is 1.95. The molecule has 1 atom stereocenters. The first kappa shape index (κ1) is 16.0. The van der Waals surface area contributed by atoms with Crippen molar-refractivity contribution >= 4 is 15.9 Å². The number of aryl methyl sites for hydroxylation is 1. The van der Waals surface area contributed by atoms with Crippen LogP contribution < -0.4 is 10.5 Å². The lowest BCUT2D eigenvalue weighted by Crippen LogP contribution is -2.15. The molecule has 2 aromatic carbocycles. The van der Waals surface area contributed by atoms with Gasteiger partial charge in [0.15, 0.2) is 0 Å². The molecule has 4 heteroatoms. The van der Waals surface area contributed by atoms with Crippen molar-refractivity contribution in [2.24, 2.45) is 5.73 Å². The molecule has 112 valence electrons. The van der Waals surface area contributed by atoms with Crippen LogP contribution in [-0.2, 0) is 13.0 Å². The summed E-state index contributed by atoms with van der Waals surface area (Å²) >= 11 is 3.33. The van der Waals surface area contributed by atoms with E-state index in [0.717, 1.165) is 28.6 Å². The molecule has 0 amide bonds. The molecule has 0 aliphatic rings. The van der Waals surface area contributed by atoms with Gasteiger partial charge in [-0.3, -0.25) is 0 Å². The van der Waals surface area contributed by atoms with E-state index in [-0.39, 0.29) is 11.9 Å². The van der Waals surface area contributed by atoms with Crippen molar-refractivity contribution in [2.45, 2.75) is 32.4 Å². The van der Waals surface area contributed by atoms with E-state index in [0.29, 0.717) is 6.61 Å². The fourth-order valence-corrected chi connectivity index (χ4v) is 2.41. The van der Waals surface area contributed by atoms with Gasteiger partial charge in [0.05, 0.1) is 0 Å². The summed E-state index contributed by atoms with van der Waals surface area (Å²) in [4.78, 5) is 0. The van der Waals surface area contributed by atoms with Crippen molar-refractivity contribution in [2.75, 3.05) is 0 Å². The van der Waals surface area contributed by atoms with Crippen LogP contribution in [0.5, 0.6) is 5.75 Å². The van der Waals surface area contributed by atoms with E-state index in [1.165, 1.54) is 17.7 Å². The molecule has 0 heterocycles. The SMILES string of the molecule is CC(N)CCc1ccc(OCc2ccc(F)cc2Br)cc1. The van der Waals surface area contributed by atoms with Crippen molar-refractivity contribution < 1.29 is 9.13 Å². The summed E-state index contributed by atoms with van der Waals surface area (Å²) in [5.41, 5.74) is 7.92. The first-order valence-electron chi connectivity index (χ1n) is 6.96. The molecule has 0 aromatic heterocycles. The van der Waals surface area contributed by atoms with Crippen molar-refractivity contribution in [1.29, 1.82) is 0 Å². The van der Waals surface area contributed by atoms with Crippen molar-refractivity contribution in [1.82, 2.24) is 0 Å². The zero-order valence-electron chi connectivity index (χ0n) is 12.0. The van der Waals surface area contributed by atoms with Crippen LogP contribution in [0.2, 0.25) is 0 Å². The van der Waals surface area contributed by atoms with Gasteiger partial charge in [-0.2, -0.15) is 0 Å². The van der Waals surface area contributed by atoms with Gasteiger partial charge < -0.3 is 10.5 Å². The van der Waals surface area contributed by atoms with E-state index in [1.54, 1.807) is 6.07 Å². The normalized spacial score (nSPS) is 12.2. The predicted octanol–water partition coefficient (Wildman–Crippen LogP) is 4.45. The first-order chi connectivity index (χ1) is 10.0. The Labute approximate surface area is 133 Å². The van der Waals surface area contributed by atoms with Crippen LogP contribution in [-0.4, -0.2) is 6.04 Å². The Hall–Kier alpha value is -1.39. The van der Waals surface area contributed by atoms with Crippen LogP contribution in [0.25, 0.3) is 0 Å². The lowest BCUT2D eigenvalue weighted by atomic mass is 10.1. The summed E-state index contributed by atoms with van der Waals surface area (Å²) in [5.74, 6) is 0.542. The van der Waals surface area contributed by atoms with Crippen LogP contribution in [0.1, 0.15) is 24.5 Å². The molecule has 0 radical (unpaired) electrons. The van der Waals surface area contributed by atoms with Gasteiger partial charge in [-0.1, -0.05) is 34.1 Å². The standard InChI is InChI=1S/C17H19BrFNO/c1-12(20)2-3-13-4-8-16(9-5-13)21-11-14-6-7-15(19)10-17(14)18/h4-10,12H,2-3,11,20H2,1H3. The molecule has 0 saturated heterocycles. The second-order valence-electron chi connectivity index (χ2n) is 5.18. The van der Waals surface area contributed by atoms with Crippen LogP contribution >= 0.6 is 15.9 Å². The molecule has 0 aliphatic carbocycles. The van der Waals surface area contributed by atoms with Gasteiger partial charge in [0.2, 0.25) is 0 Å². The Balaban J connectivity index is 1.91. The summed E-state index contributed by atoms with van der Waals surface area (Å²) < 4.78 is 19.4. The Morgan fingerprint density at radius 3 is 2.52 bits per heavy atom. The second-order valence-corrected chi connectivity index (χ2v) is 6.04. The van der Waals surface area contributed by atoms with Crippen LogP contribution in [0.15, 0.2) is 46.9 Å². The average molecular weight is 352 g/mol. The fourth-order valence-electron chi connectivity index (χ4n) is 1.95. The van der Waals surface area contributed by atoms with E-state index in [9.17, 15) is 4.39 Å². The number of rotatable bonds is 6. The highest BCUT2D eigenvalue weighted by Crippen LogP contribution is 2.21. The second kappa shape index (κ2) is 7.57. The highest BCUT2D eigenvalue weighted by Gasteiger charge is 2.03. The third-order valence-electron chi connectivity index (χ3n) is 3.22. The fraction of sp³-hybridized carbons (Fsp3) is 0.294. The predicted molar refractivity (Wildman–Crippen MR) is 86.8 cm³/mol. The molecule has 21 heavy (non-hydrogen) atoms. The molecule has 2 aromatic rings. The number of benzene rings is 2. The average Bonchev–Trinajstić information content (AvgIpc) is 2.45. The van der Waals surface area contributed by atoms with E-state index in [1.807, 2.05) is 19.1 Å². The highest BCUT2D eigenvalue weighted by molar-refractivity contribution is 9.10. The minimum Gasteiger partial charge on any atom is -0.489 e. The lowest BCUT2D eigenvalue weighted by Gasteiger charge is -2.09. The molecule has 0 aliphatic heterocycles. The first-order valence-corrected chi connectivity index (χ1v) is 7.75. The Kier molecular flexibility index (Phi) is 5.76.